The maximum absolute atomic E-state index is 12.7. The van der Waals surface area contributed by atoms with E-state index in [1.807, 2.05) is 41.1 Å². The van der Waals surface area contributed by atoms with Crippen LogP contribution >= 0.6 is 0 Å². The molecule has 4 nitrogen and oxygen atoms in total. The Balaban J connectivity index is 1.84. The van der Waals surface area contributed by atoms with Crippen LogP contribution in [0.1, 0.15) is 22.6 Å². The van der Waals surface area contributed by atoms with E-state index in [1.165, 1.54) is 16.7 Å². The Morgan fingerprint density at radius 1 is 1.17 bits per heavy atom. The summed E-state index contributed by atoms with van der Waals surface area (Å²) in [7, 11) is 1.86. The third-order valence-corrected chi connectivity index (χ3v) is 4.64. The van der Waals surface area contributed by atoms with Crippen LogP contribution < -0.4 is 0 Å². The Labute approximate surface area is 143 Å². The number of fused-ring (bicyclic) bond motifs is 1. The summed E-state index contributed by atoms with van der Waals surface area (Å²) in [5, 5.41) is 9.01. The third-order valence-electron chi connectivity index (χ3n) is 4.64. The lowest BCUT2D eigenvalue weighted by molar-refractivity contribution is -0.133. The predicted octanol–water partition coefficient (Wildman–Crippen LogP) is 2.08. The maximum Gasteiger partial charge on any atom is 0.237 e. The van der Waals surface area contributed by atoms with E-state index in [9.17, 15) is 4.79 Å². The molecule has 126 valence electrons. The van der Waals surface area contributed by atoms with Crippen molar-refractivity contribution in [2.45, 2.75) is 12.5 Å². The maximum atomic E-state index is 12.7. The predicted molar refractivity (Wildman–Crippen MR) is 94.7 cm³/mol. The second kappa shape index (κ2) is 7.60. The number of aliphatic hydroxyl groups excluding tert-OH is 1. The summed E-state index contributed by atoms with van der Waals surface area (Å²) in [6.07, 6.45) is 0. The van der Waals surface area contributed by atoms with Crippen molar-refractivity contribution in [2.24, 2.45) is 0 Å². The monoisotopic (exact) mass is 324 g/mol. The molecule has 0 saturated heterocycles. The van der Waals surface area contributed by atoms with E-state index in [0.29, 0.717) is 26.2 Å². The fourth-order valence-electron chi connectivity index (χ4n) is 3.35. The van der Waals surface area contributed by atoms with E-state index >= 15 is 0 Å². The van der Waals surface area contributed by atoms with Gasteiger partial charge in [0.2, 0.25) is 5.91 Å². The van der Waals surface area contributed by atoms with Crippen LogP contribution in [0.5, 0.6) is 0 Å². The Morgan fingerprint density at radius 3 is 2.62 bits per heavy atom. The highest BCUT2D eigenvalue weighted by Gasteiger charge is 2.29. The van der Waals surface area contributed by atoms with Gasteiger partial charge < -0.3 is 10.0 Å². The van der Waals surface area contributed by atoms with Gasteiger partial charge in [-0.3, -0.25) is 9.69 Å². The average Bonchev–Trinajstić information content (AvgIpc) is 2.61. The summed E-state index contributed by atoms with van der Waals surface area (Å²) in [6.45, 7) is 2.28. The molecule has 1 aliphatic heterocycles. The van der Waals surface area contributed by atoms with Crippen molar-refractivity contribution in [3.8, 4) is 0 Å². The van der Waals surface area contributed by atoms with Gasteiger partial charge in [0.05, 0.1) is 13.2 Å². The van der Waals surface area contributed by atoms with Gasteiger partial charge in [-0.15, -0.1) is 0 Å². The van der Waals surface area contributed by atoms with E-state index in [0.717, 1.165) is 0 Å². The zero-order valence-electron chi connectivity index (χ0n) is 14.1. The molecule has 0 aliphatic carbocycles. The Kier molecular flexibility index (Phi) is 5.28. The molecule has 4 heteroatoms. The third kappa shape index (κ3) is 3.66. The van der Waals surface area contributed by atoms with E-state index in [1.54, 1.807) is 0 Å². The minimum Gasteiger partial charge on any atom is -0.395 e. The number of nitrogens with zero attached hydrogens (tertiary/aromatic N) is 2. The first-order valence-electron chi connectivity index (χ1n) is 8.39. The number of carbonyl (C=O) groups is 1. The number of benzene rings is 2. The molecule has 1 heterocycles. The standard InChI is InChI=1S/C20H24N2O2/c1-21(11-12-23)15-20(24)22-13-17-9-5-6-10-18(17)19(14-22)16-7-3-2-4-8-16/h2-10,19,23H,11-15H2,1H3. The molecular formula is C20H24N2O2. The lowest BCUT2D eigenvalue weighted by atomic mass is 9.84. The molecule has 1 atom stereocenters. The zero-order chi connectivity index (χ0) is 16.9. The molecule has 0 radical (unpaired) electrons. The van der Waals surface area contributed by atoms with Crippen LogP contribution in [0, 0.1) is 0 Å². The van der Waals surface area contributed by atoms with Gasteiger partial charge in [-0.1, -0.05) is 54.6 Å². The van der Waals surface area contributed by atoms with Gasteiger partial charge in [-0.2, -0.15) is 0 Å². The van der Waals surface area contributed by atoms with E-state index in [2.05, 4.69) is 30.3 Å². The molecule has 2 aromatic carbocycles. The summed E-state index contributed by atoms with van der Waals surface area (Å²) in [5.41, 5.74) is 3.78. The lowest BCUT2D eigenvalue weighted by Gasteiger charge is -2.36. The van der Waals surface area contributed by atoms with Gasteiger partial charge in [-0.25, -0.2) is 0 Å². The summed E-state index contributed by atoms with van der Waals surface area (Å²) in [6, 6.07) is 18.8. The first-order valence-corrected chi connectivity index (χ1v) is 8.39. The van der Waals surface area contributed by atoms with Gasteiger partial charge in [0.25, 0.3) is 0 Å². The summed E-state index contributed by atoms with van der Waals surface area (Å²) in [4.78, 5) is 16.5. The number of carbonyl (C=O) groups excluding carboxylic acids is 1. The SMILES string of the molecule is CN(CCO)CC(=O)N1Cc2ccccc2C(c2ccccc2)C1. The van der Waals surface area contributed by atoms with Gasteiger partial charge in [-0.05, 0) is 23.7 Å². The molecule has 3 rings (SSSR count). The molecule has 1 aliphatic rings. The van der Waals surface area contributed by atoms with Crippen molar-refractivity contribution in [3.05, 3.63) is 71.3 Å². The highest BCUT2D eigenvalue weighted by molar-refractivity contribution is 5.78. The summed E-state index contributed by atoms with van der Waals surface area (Å²) < 4.78 is 0. The number of hydrogen-bond acceptors (Lipinski definition) is 3. The topological polar surface area (TPSA) is 43.8 Å². The first kappa shape index (κ1) is 16.7. The highest BCUT2D eigenvalue weighted by atomic mass is 16.3. The molecule has 1 N–H and O–H groups in total. The molecule has 24 heavy (non-hydrogen) atoms. The zero-order valence-corrected chi connectivity index (χ0v) is 14.1. The van der Waals surface area contributed by atoms with Crippen LogP contribution in [-0.4, -0.2) is 54.1 Å². The minimum atomic E-state index is 0.0687. The lowest BCUT2D eigenvalue weighted by Crippen LogP contribution is -2.43. The second-order valence-electron chi connectivity index (χ2n) is 6.40. The van der Waals surface area contributed by atoms with E-state index in [-0.39, 0.29) is 18.4 Å². The van der Waals surface area contributed by atoms with Gasteiger partial charge in [0, 0.05) is 25.6 Å². The number of likely N-dealkylation sites (N-methyl/N-ethyl adjacent to an activating group) is 1. The van der Waals surface area contributed by atoms with Gasteiger partial charge in [0.15, 0.2) is 0 Å². The molecule has 2 aromatic rings. The van der Waals surface area contributed by atoms with E-state index < -0.39 is 0 Å². The molecule has 1 amide bonds. The molecule has 0 spiro atoms. The molecule has 0 saturated carbocycles. The molecular weight excluding hydrogens is 300 g/mol. The Hall–Kier alpha value is -2.17. The molecule has 1 unspecified atom stereocenters. The number of amides is 1. The van der Waals surface area contributed by atoms with Crippen molar-refractivity contribution in [1.29, 1.82) is 0 Å². The van der Waals surface area contributed by atoms with Crippen molar-refractivity contribution in [2.75, 3.05) is 33.3 Å². The average molecular weight is 324 g/mol. The van der Waals surface area contributed by atoms with Crippen LogP contribution in [0.4, 0.5) is 0 Å². The fraction of sp³-hybridized carbons (Fsp3) is 0.350. The summed E-state index contributed by atoms with van der Waals surface area (Å²) in [5.74, 6) is 0.324. The van der Waals surface area contributed by atoms with Gasteiger partial charge >= 0.3 is 0 Å². The first-order chi connectivity index (χ1) is 11.7. The number of hydrogen-bond donors (Lipinski definition) is 1. The van der Waals surface area contributed by atoms with Crippen molar-refractivity contribution in [3.63, 3.8) is 0 Å². The highest BCUT2D eigenvalue weighted by Crippen LogP contribution is 2.33. The van der Waals surface area contributed by atoms with Crippen LogP contribution in [-0.2, 0) is 11.3 Å². The second-order valence-corrected chi connectivity index (χ2v) is 6.40. The van der Waals surface area contributed by atoms with Crippen LogP contribution in [0.15, 0.2) is 54.6 Å². The van der Waals surface area contributed by atoms with Gasteiger partial charge in [0.1, 0.15) is 0 Å². The fourth-order valence-corrected chi connectivity index (χ4v) is 3.35. The van der Waals surface area contributed by atoms with Crippen LogP contribution in [0.3, 0.4) is 0 Å². The Morgan fingerprint density at radius 2 is 1.88 bits per heavy atom. The van der Waals surface area contributed by atoms with Crippen molar-refractivity contribution < 1.29 is 9.90 Å². The van der Waals surface area contributed by atoms with Crippen LogP contribution in [0.25, 0.3) is 0 Å². The van der Waals surface area contributed by atoms with Crippen molar-refractivity contribution in [1.82, 2.24) is 9.80 Å². The van der Waals surface area contributed by atoms with Crippen LogP contribution in [0.2, 0.25) is 0 Å². The molecule has 0 aromatic heterocycles. The Bertz CT molecular complexity index is 687. The smallest absolute Gasteiger partial charge is 0.237 e. The summed E-state index contributed by atoms with van der Waals surface area (Å²) >= 11 is 0. The normalized spacial score (nSPS) is 17.0. The molecule has 0 bridgehead atoms. The number of aliphatic hydroxyl groups is 1. The van der Waals surface area contributed by atoms with Crippen molar-refractivity contribution >= 4 is 5.91 Å². The largest absolute Gasteiger partial charge is 0.395 e. The number of rotatable bonds is 5. The quantitative estimate of drug-likeness (QED) is 0.916. The molecule has 0 fully saturated rings. The minimum absolute atomic E-state index is 0.0687. The van der Waals surface area contributed by atoms with E-state index in [4.69, 9.17) is 5.11 Å².